The number of rotatable bonds is 5. The predicted octanol–water partition coefficient (Wildman–Crippen LogP) is -0.0458. The highest BCUT2D eigenvalue weighted by Crippen LogP contribution is 1.96. The third kappa shape index (κ3) is 9.39. The molecule has 0 aliphatic rings. The van der Waals surface area contributed by atoms with Gasteiger partial charge in [0.1, 0.15) is 0 Å². The average Bonchev–Trinajstić information content (AvgIpc) is 2.08. The number of hydrogen-bond donors (Lipinski definition) is 3. The van der Waals surface area contributed by atoms with Crippen LogP contribution in [0.5, 0.6) is 0 Å². The molecule has 4 nitrogen and oxygen atoms in total. The highest BCUT2D eigenvalue weighted by atomic mass is 16.1. The normalized spacial score (nSPS) is 11.3. The Morgan fingerprint density at radius 2 is 1.83 bits per heavy atom. The standard InChI is InChI=1S/C6H15N3O.C2H6/c7-4-2-1-3-5(8)6(9)10;1-2/h5H,1-4,7-8H2,(H2,9,10);1-2H3. The summed E-state index contributed by atoms with van der Waals surface area (Å²) in [7, 11) is 0. The highest BCUT2D eigenvalue weighted by molar-refractivity contribution is 5.79. The van der Waals surface area contributed by atoms with Gasteiger partial charge in [0.25, 0.3) is 0 Å². The minimum atomic E-state index is -0.494. The Morgan fingerprint density at radius 1 is 1.33 bits per heavy atom. The maximum atomic E-state index is 10.4. The molecule has 1 unspecified atom stereocenters. The van der Waals surface area contributed by atoms with Gasteiger partial charge in [-0.25, -0.2) is 0 Å². The molecule has 0 aliphatic carbocycles. The molecule has 0 heterocycles. The second-order valence-electron chi connectivity index (χ2n) is 2.29. The molecule has 1 atom stereocenters. The molecular weight excluding hydrogens is 154 g/mol. The van der Waals surface area contributed by atoms with Crippen molar-refractivity contribution in [2.24, 2.45) is 17.2 Å². The van der Waals surface area contributed by atoms with Crippen LogP contribution in [0.1, 0.15) is 33.1 Å². The van der Waals surface area contributed by atoms with E-state index in [4.69, 9.17) is 17.2 Å². The largest absolute Gasteiger partial charge is 0.368 e. The number of unbranched alkanes of at least 4 members (excludes halogenated alkanes) is 1. The Kier molecular flexibility index (Phi) is 12.1. The van der Waals surface area contributed by atoms with Crippen molar-refractivity contribution in [3.05, 3.63) is 0 Å². The van der Waals surface area contributed by atoms with Gasteiger partial charge >= 0.3 is 0 Å². The first kappa shape index (κ1) is 13.9. The van der Waals surface area contributed by atoms with Gasteiger partial charge in [0.2, 0.25) is 5.91 Å². The number of primary amides is 1. The summed E-state index contributed by atoms with van der Waals surface area (Å²) in [5.41, 5.74) is 15.5. The van der Waals surface area contributed by atoms with Crippen molar-refractivity contribution in [3.63, 3.8) is 0 Å². The fourth-order valence-electron chi connectivity index (χ4n) is 0.651. The lowest BCUT2D eigenvalue weighted by molar-refractivity contribution is -0.119. The maximum Gasteiger partial charge on any atom is 0.234 e. The van der Waals surface area contributed by atoms with Crippen molar-refractivity contribution >= 4 is 5.91 Å². The van der Waals surface area contributed by atoms with Gasteiger partial charge in [-0.1, -0.05) is 20.3 Å². The van der Waals surface area contributed by atoms with E-state index < -0.39 is 11.9 Å². The quantitative estimate of drug-likeness (QED) is 0.511. The molecule has 0 aliphatic heterocycles. The van der Waals surface area contributed by atoms with Crippen LogP contribution in [0.3, 0.4) is 0 Å². The Hall–Kier alpha value is -0.610. The Bertz CT molecular complexity index is 106. The lowest BCUT2D eigenvalue weighted by Gasteiger charge is -2.04. The van der Waals surface area contributed by atoms with Crippen LogP contribution < -0.4 is 17.2 Å². The Balaban J connectivity index is 0. The van der Waals surface area contributed by atoms with Gasteiger partial charge in [-0.15, -0.1) is 0 Å². The van der Waals surface area contributed by atoms with Gasteiger partial charge in [-0.05, 0) is 19.4 Å². The third-order valence-electron chi connectivity index (χ3n) is 1.33. The van der Waals surface area contributed by atoms with Crippen LogP contribution in [0.15, 0.2) is 0 Å². The third-order valence-corrected chi connectivity index (χ3v) is 1.33. The SMILES string of the molecule is CC.NCCCCC(N)C(N)=O. The van der Waals surface area contributed by atoms with Gasteiger partial charge in [0.05, 0.1) is 6.04 Å². The van der Waals surface area contributed by atoms with Crippen molar-refractivity contribution in [2.45, 2.75) is 39.2 Å². The summed E-state index contributed by atoms with van der Waals surface area (Å²) in [4.78, 5) is 10.4. The summed E-state index contributed by atoms with van der Waals surface area (Å²) >= 11 is 0. The summed E-state index contributed by atoms with van der Waals surface area (Å²) in [5, 5.41) is 0. The lowest BCUT2D eigenvalue weighted by atomic mass is 10.1. The molecule has 0 radical (unpaired) electrons. The molecule has 0 bridgehead atoms. The van der Waals surface area contributed by atoms with Crippen molar-refractivity contribution in [1.29, 1.82) is 0 Å². The summed E-state index contributed by atoms with van der Waals surface area (Å²) in [5.74, 6) is -0.433. The van der Waals surface area contributed by atoms with Crippen molar-refractivity contribution in [2.75, 3.05) is 6.54 Å². The number of carbonyl (C=O) groups is 1. The van der Waals surface area contributed by atoms with E-state index in [-0.39, 0.29) is 0 Å². The molecular formula is C8H21N3O. The number of nitrogens with two attached hydrogens (primary N) is 3. The summed E-state index contributed by atoms with van der Waals surface area (Å²) in [6, 6.07) is -0.494. The molecule has 1 amide bonds. The smallest absolute Gasteiger partial charge is 0.234 e. The zero-order chi connectivity index (χ0) is 9.98. The van der Waals surface area contributed by atoms with E-state index in [2.05, 4.69) is 0 Å². The fourth-order valence-corrected chi connectivity index (χ4v) is 0.651. The fraction of sp³-hybridized carbons (Fsp3) is 0.875. The van der Waals surface area contributed by atoms with Crippen LogP contribution >= 0.6 is 0 Å². The molecule has 4 heteroatoms. The second kappa shape index (κ2) is 10.4. The minimum absolute atomic E-state index is 0.433. The monoisotopic (exact) mass is 175 g/mol. The van der Waals surface area contributed by atoms with Gasteiger partial charge in [0.15, 0.2) is 0 Å². The van der Waals surface area contributed by atoms with Gasteiger partial charge in [0, 0.05) is 0 Å². The van der Waals surface area contributed by atoms with Gasteiger partial charge < -0.3 is 17.2 Å². The molecule has 12 heavy (non-hydrogen) atoms. The first-order chi connectivity index (χ1) is 5.68. The Morgan fingerprint density at radius 3 is 2.17 bits per heavy atom. The minimum Gasteiger partial charge on any atom is -0.368 e. The molecule has 0 rings (SSSR count). The average molecular weight is 175 g/mol. The summed E-state index contributed by atoms with van der Waals surface area (Å²) in [6.07, 6.45) is 2.42. The van der Waals surface area contributed by atoms with Crippen LogP contribution in [0.25, 0.3) is 0 Å². The summed E-state index contributed by atoms with van der Waals surface area (Å²) < 4.78 is 0. The first-order valence-corrected chi connectivity index (χ1v) is 4.43. The lowest BCUT2D eigenvalue weighted by Crippen LogP contribution is -2.36. The predicted molar refractivity (Wildman–Crippen MR) is 51.4 cm³/mol. The molecule has 0 aromatic heterocycles. The summed E-state index contributed by atoms with van der Waals surface area (Å²) in [6.45, 7) is 4.64. The van der Waals surface area contributed by atoms with E-state index in [0.29, 0.717) is 13.0 Å². The van der Waals surface area contributed by atoms with Gasteiger partial charge in [-0.2, -0.15) is 0 Å². The molecule has 74 valence electrons. The molecule has 0 fully saturated rings. The highest BCUT2D eigenvalue weighted by Gasteiger charge is 2.06. The maximum absolute atomic E-state index is 10.4. The molecule has 0 saturated heterocycles. The molecule has 0 spiro atoms. The van der Waals surface area contributed by atoms with Crippen LogP contribution in [0.4, 0.5) is 0 Å². The second-order valence-corrected chi connectivity index (χ2v) is 2.29. The number of carbonyl (C=O) groups excluding carboxylic acids is 1. The van der Waals surface area contributed by atoms with E-state index >= 15 is 0 Å². The zero-order valence-corrected chi connectivity index (χ0v) is 8.05. The van der Waals surface area contributed by atoms with Crippen LogP contribution in [-0.2, 0) is 4.79 Å². The molecule has 0 saturated carbocycles. The van der Waals surface area contributed by atoms with E-state index in [1.54, 1.807) is 0 Å². The van der Waals surface area contributed by atoms with Gasteiger partial charge in [-0.3, -0.25) is 4.79 Å². The van der Waals surface area contributed by atoms with Crippen molar-refractivity contribution in [1.82, 2.24) is 0 Å². The topological polar surface area (TPSA) is 95.1 Å². The van der Waals surface area contributed by atoms with Crippen molar-refractivity contribution in [3.8, 4) is 0 Å². The Labute approximate surface area is 74.5 Å². The zero-order valence-electron chi connectivity index (χ0n) is 8.05. The molecule has 0 aromatic rings. The number of hydrogen-bond acceptors (Lipinski definition) is 3. The number of amides is 1. The van der Waals surface area contributed by atoms with Crippen LogP contribution in [-0.4, -0.2) is 18.5 Å². The van der Waals surface area contributed by atoms with E-state index in [1.807, 2.05) is 13.8 Å². The van der Waals surface area contributed by atoms with E-state index in [0.717, 1.165) is 12.8 Å². The first-order valence-electron chi connectivity index (χ1n) is 4.43. The molecule has 6 N–H and O–H groups in total. The van der Waals surface area contributed by atoms with Crippen LogP contribution in [0, 0.1) is 0 Å². The van der Waals surface area contributed by atoms with Crippen LogP contribution in [0.2, 0.25) is 0 Å². The van der Waals surface area contributed by atoms with E-state index in [9.17, 15) is 4.79 Å². The molecule has 0 aromatic carbocycles. The van der Waals surface area contributed by atoms with Crippen molar-refractivity contribution < 1.29 is 4.79 Å². The van der Waals surface area contributed by atoms with E-state index in [1.165, 1.54) is 0 Å².